The first kappa shape index (κ1) is 43.4. The fraction of sp³-hybridized carbons (Fsp3) is 0.239. The molecule has 2 aliphatic heterocycles. The lowest BCUT2D eigenvalue weighted by Crippen LogP contribution is -2.59. The third-order valence-electron chi connectivity index (χ3n) is 9.99. The van der Waals surface area contributed by atoms with Crippen molar-refractivity contribution in [1.29, 1.82) is 0 Å². The number of carboxylic acid groups (broad SMARTS) is 1. The highest BCUT2D eigenvalue weighted by molar-refractivity contribution is 7.09. The van der Waals surface area contributed by atoms with Gasteiger partial charge in [-0.1, -0.05) is 103 Å². The summed E-state index contributed by atoms with van der Waals surface area (Å²) in [5, 5.41) is 27.3. The van der Waals surface area contributed by atoms with Gasteiger partial charge < -0.3 is 37.0 Å². The number of hydrogen-bond acceptors (Lipinski definition) is 8. The van der Waals surface area contributed by atoms with Gasteiger partial charge in [0.05, 0.1) is 0 Å². The first-order valence-electron chi connectivity index (χ1n) is 19.8. The van der Waals surface area contributed by atoms with Gasteiger partial charge in [0.1, 0.15) is 30.7 Å². The van der Waals surface area contributed by atoms with Crippen LogP contribution in [0.4, 0.5) is 5.69 Å². The van der Waals surface area contributed by atoms with Crippen molar-refractivity contribution < 1.29 is 38.7 Å². The Bertz CT molecular complexity index is 2310. The molecule has 314 valence electrons. The number of thiophene rings is 1. The second-order valence-electron chi connectivity index (χ2n) is 14.6. The molecule has 2 aliphatic rings. The van der Waals surface area contributed by atoms with E-state index in [0.29, 0.717) is 22.4 Å². The molecule has 0 saturated carbocycles. The molecule has 1 aromatic heterocycles. The molecule has 4 aromatic carbocycles. The Morgan fingerprint density at radius 1 is 0.590 bits per heavy atom. The second-order valence-corrected chi connectivity index (χ2v) is 15.6. The van der Waals surface area contributed by atoms with E-state index in [1.807, 2.05) is 72.1 Å². The monoisotopic (exact) mass is 842 g/mol. The lowest BCUT2D eigenvalue weighted by molar-refractivity contribution is -0.138. The van der Waals surface area contributed by atoms with E-state index in [2.05, 4.69) is 31.9 Å². The lowest BCUT2D eigenvalue weighted by Gasteiger charge is -2.27. The van der Waals surface area contributed by atoms with Crippen LogP contribution < -0.4 is 31.9 Å². The van der Waals surface area contributed by atoms with Gasteiger partial charge in [0.15, 0.2) is 0 Å². The van der Waals surface area contributed by atoms with Crippen molar-refractivity contribution in [1.82, 2.24) is 26.6 Å². The summed E-state index contributed by atoms with van der Waals surface area (Å²) in [7, 11) is 0. The summed E-state index contributed by atoms with van der Waals surface area (Å²) >= 11 is 1.39. The summed E-state index contributed by atoms with van der Waals surface area (Å²) in [6.07, 6.45) is -0.370. The fourth-order valence-electron chi connectivity index (χ4n) is 6.80. The third-order valence-corrected chi connectivity index (χ3v) is 10.9. The van der Waals surface area contributed by atoms with Crippen molar-refractivity contribution in [3.63, 3.8) is 0 Å². The van der Waals surface area contributed by atoms with E-state index in [4.69, 9.17) is 0 Å². The minimum absolute atomic E-state index is 0.000226. The highest BCUT2D eigenvalue weighted by Gasteiger charge is 2.32. The average Bonchev–Trinajstić information content (AvgIpc) is 3.78. The Morgan fingerprint density at radius 2 is 1.15 bits per heavy atom. The van der Waals surface area contributed by atoms with Crippen LogP contribution >= 0.6 is 11.3 Å². The van der Waals surface area contributed by atoms with Gasteiger partial charge in [-0.05, 0) is 51.4 Å². The van der Waals surface area contributed by atoms with Crippen LogP contribution in [-0.4, -0.2) is 77.2 Å². The fourth-order valence-corrected chi connectivity index (χ4v) is 7.55. The maximum atomic E-state index is 14.5. The van der Waals surface area contributed by atoms with Gasteiger partial charge in [-0.3, -0.25) is 33.6 Å². The number of carboxylic acids is 1. The van der Waals surface area contributed by atoms with Crippen LogP contribution in [0.2, 0.25) is 0 Å². The number of aliphatic carboxylic acids is 1. The number of carbonyl (C=O) groups is 7. The normalized spacial score (nSPS) is 19.2. The van der Waals surface area contributed by atoms with E-state index in [9.17, 15) is 38.7 Å². The zero-order chi connectivity index (χ0) is 43.1. The summed E-state index contributed by atoms with van der Waals surface area (Å²) in [5.74, 6) is -5.14. The molecular formula is C46H46N6O8S. The second kappa shape index (κ2) is 21.2. The van der Waals surface area contributed by atoms with E-state index in [1.165, 1.54) is 11.3 Å². The van der Waals surface area contributed by atoms with Gasteiger partial charge >= 0.3 is 5.97 Å². The molecule has 7 N–H and O–H groups in total. The predicted molar refractivity (Wildman–Crippen MR) is 230 cm³/mol. The number of amides is 6. The smallest absolute Gasteiger partial charge is 0.322 e. The molecule has 0 fully saturated rings. The van der Waals surface area contributed by atoms with Crippen molar-refractivity contribution in [2.24, 2.45) is 0 Å². The molecule has 0 spiro atoms. The quantitative estimate of drug-likeness (QED) is 0.103. The molecule has 3 heterocycles. The number of rotatable bonds is 10. The van der Waals surface area contributed by atoms with Crippen LogP contribution in [0.15, 0.2) is 127 Å². The molecular weight excluding hydrogens is 797 g/mol. The van der Waals surface area contributed by atoms with Crippen LogP contribution in [0.1, 0.15) is 34.4 Å². The van der Waals surface area contributed by atoms with Crippen molar-refractivity contribution in [2.75, 3.05) is 11.9 Å². The standard InChI is InChI=1S/C46H46N6O8S/c53-40-21-22-41(54)49-39(27-35-12-7-23-61-35)46(60)52-38(26-30-13-17-33(18-14-30)32-10-5-2-6-11-32)45(59)51-37(24-29-8-3-1-4-9-29)44(58)50-36(43(57)47-28-42(55)56)25-31-15-19-34(48-40)20-16-31/h1-20,23,36-39H,21-22,24-28H2,(H,47,57)(H,48,53)(H,49,54)(H,50,58)(H,51,59)(H,52,60)(H,55,56). The van der Waals surface area contributed by atoms with E-state index in [0.717, 1.165) is 16.0 Å². The highest BCUT2D eigenvalue weighted by Crippen LogP contribution is 2.21. The van der Waals surface area contributed by atoms with E-state index < -0.39 is 72.1 Å². The number of hydrogen-bond donors (Lipinski definition) is 7. The Hall–Kier alpha value is -7.13. The van der Waals surface area contributed by atoms with Crippen molar-refractivity contribution >= 4 is 58.4 Å². The number of anilines is 1. The first-order valence-corrected chi connectivity index (χ1v) is 20.7. The molecule has 61 heavy (non-hydrogen) atoms. The molecule has 0 saturated heterocycles. The Morgan fingerprint density at radius 3 is 1.75 bits per heavy atom. The molecule has 4 unspecified atom stereocenters. The number of benzene rings is 4. The van der Waals surface area contributed by atoms with Crippen LogP contribution in [-0.2, 0) is 59.2 Å². The Labute approximate surface area is 356 Å². The summed E-state index contributed by atoms with van der Waals surface area (Å²) in [6.45, 7) is -0.696. The molecule has 14 nitrogen and oxygen atoms in total. The molecule has 4 atom stereocenters. The zero-order valence-corrected chi connectivity index (χ0v) is 33.9. The number of fused-ring (bicyclic) bond motifs is 18. The maximum Gasteiger partial charge on any atom is 0.322 e. The van der Waals surface area contributed by atoms with E-state index >= 15 is 0 Å². The molecule has 0 radical (unpaired) electrons. The van der Waals surface area contributed by atoms with E-state index in [1.54, 1.807) is 54.6 Å². The molecule has 5 aromatic rings. The van der Waals surface area contributed by atoms with Gasteiger partial charge in [0, 0.05) is 49.1 Å². The molecule has 15 heteroatoms. The Balaban J connectivity index is 1.36. The SMILES string of the molecule is O=C(O)CNC(=O)C1Cc2ccc(cc2)NC(=O)CCC(=O)NC(Cc2cccs2)C(=O)NC(Cc2ccc(-c3ccccc3)cc2)C(=O)NC(Cc2ccccc2)C(=O)N1. The van der Waals surface area contributed by atoms with Crippen LogP contribution in [0.3, 0.4) is 0 Å². The molecule has 7 rings (SSSR count). The topological polar surface area (TPSA) is 212 Å². The first-order chi connectivity index (χ1) is 29.5. The molecule has 2 bridgehead atoms. The van der Waals surface area contributed by atoms with Crippen LogP contribution in [0, 0.1) is 0 Å². The van der Waals surface area contributed by atoms with Gasteiger partial charge in [-0.15, -0.1) is 11.3 Å². The van der Waals surface area contributed by atoms with Gasteiger partial charge in [-0.25, -0.2) is 0 Å². The lowest BCUT2D eigenvalue weighted by atomic mass is 9.99. The minimum atomic E-state index is -1.28. The van der Waals surface area contributed by atoms with Crippen LogP contribution in [0.5, 0.6) is 0 Å². The van der Waals surface area contributed by atoms with Crippen molar-refractivity contribution in [3.8, 4) is 11.1 Å². The Kier molecular flexibility index (Phi) is 15.1. The third kappa shape index (κ3) is 13.2. The van der Waals surface area contributed by atoms with Crippen molar-refractivity contribution in [2.45, 2.75) is 62.7 Å². The number of nitrogens with one attached hydrogen (secondary N) is 6. The van der Waals surface area contributed by atoms with E-state index in [-0.39, 0.29) is 38.5 Å². The largest absolute Gasteiger partial charge is 0.480 e. The summed E-state index contributed by atoms with van der Waals surface area (Å²) in [4.78, 5) is 94.8. The maximum absolute atomic E-state index is 14.5. The van der Waals surface area contributed by atoms with Crippen molar-refractivity contribution in [3.05, 3.63) is 148 Å². The van der Waals surface area contributed by atoms with Gasteiger partial charge in [-0.2, -0.15) is 0 Å². The minimum Gasteiger partial charge on any atom is -0.480 e. The van der Waals surface area contributed by atoms with Gasteiger partial charge in [0.25, 0.3) is 0 Å². The van der Waals surface area contributed by atoms with Gasteiger partial charge in [0.2, 0.25) is 35.4 Å². The summed E-state index contributed by atoms with van der Waals surface area (Å²) < 4.78 is 0. The highest BCUT2D eigenvalue weighted by atomic mass is 32.1. The summed E-state index contributed by atoms with van der Waals surface area (Å²) in [5.41, 5.74) is 4.30. The molecule has 0 aliphatic carbocycles. The number of carbonyl (C=O) groups excluding carboxylic acids is 6. The average molecular weight is 843 g/mol. The molecule has 6 amide bonds. The zero-order valence-electron chi connectivity index (χ0n) is 33.1. The van der Waals surface area contributed by atoms with Crippen LogP contribution in [0.25, 0.3) is 11.1 Å². The summed E-state index contributed by atoms with van der Waals surface area (Å²) in [6, 6.07) is 31.3. The predicted octanol–water partition coefficient (Wildman–Crippen LogP) is 3.56.